The summed E-state index contributed by atoms with van der Waals surface area (Å²) in [4.78, 5) is 12.4. The second kappa shape index (κ2) is 6.65. The topological polar surface area (TPSA) is 81.1 Å². The molecule has 0 fully saturated rings. The lowest BCUT2D eigenvalue weighted by Gasteiger charge is -2.07. The lowest BCUT2D eigenvalue weighted by Crippen LogP contribution is -2.29. The van der Waals surface area contributed by atoms with Crippen molar-refractivity contribution >= 4 is 35.0 Å². The van der Waals surface area contributed by atoms with E-state index < -0.39 is 0 Å². The summed E-state index contributed by atoms with van der Waals surface area (Å²) in [5, 5.41) is 0.619. The van der Waals surface area contributed by atoms with Gasteiger partial charge in [-0.05, 0) is 35.9 Å². The predicted molar refractivity (Wildman–Crippen MR) is 83.5 cm³/mol. The van der Waals surface area contributed by atoms with E-state index in [9.17, 15) is 4.79 Å². The fourth-order valence-electron chi connectivity index (χ4n) is 1.70. The lowest BCUT2D eigenvalue weighted by atomic mass is 10.1. The summed E-state index contributed by atoms with van der Waals surface area (Å²) in [6, 6.07) is 12.7. The van der Waals surface area contributed by atoms with Gasteiger partial charge < -0.3 is 5.73 Å². The van der Waals surface area contributed by atoms with Gasteiger partial charge in [-0.2, -0.15) is 0 Å². The number of thioether (sulfide) groups is 1. The van der Waals surface area contributed by atoms with Gasteiger partial charge in [0, 0.05) is 26.9 Å². The average molecular weight is 308 g/mol. The molecule has 20 heavy (non-hydrogen) atoms. The molecule has 0 unspecified atom stereocenters. The molecular formula is C14H14ClN3OS. The summed E-state index contributed by atoms with van der Waals surface area (Å²) in [6.07, 6.45) is 0. The number of anilines is 1. The number of rotatable bonds is 4. The Morgan fingerprint density at radius 2 is 2.05 bits per heavy atom. The highest BCUT2D eigenvalue weighted by Crippen LogP contribution is 2.30. The van der Waals surface area contributed by atoms with E-state index in [0.717, 1.165) is 10.5 Å². The van der Waals surface area contributed by atoms with Crippen molar-refractivity contribution in [3.8, 4) is 0 Å². The molecule has 0 heterocycles. The predicted octanol–water partition coefficient (Wildman–Crippen LogP) is 2.82. The number of nitrogens with two attached hydrogens (primary N) is 2. The number of carbonyl (C=O) groups is 1. The van der Waals surface area contributed by atoms with Crippen LogP contribution in [0, 0.1) is 0 Å². The van der Waals surface area contributed by atoms with Gasteiger partial charge in [-0.15, -0.1) is 11.8 Å². The van der Waals surface area contributed by atoms with Crippen molar-refractivity contribution in [1.82, 2.24) is 5.43 Å². The van der Waals surface area contributed by atoms with E-state index in [0.29, 0.717) is 22.0 Å². The van der Waals surface area contributed by atoms with Gasteiger partial charge in [0.1, 0.15) is 0 Å². The largest absolute Gasteiger partial charge is 0.398 e. The summed E-state index contributed by atoms with van der Waals surface area (Å²) >= 11 is 7.45. The van der Waals surface area contributed by atoms with Crippen LogP contribution >= 0.6 is 23.4 Å². The quantitative estimate of drug-likeness (QED) is 0.267. The van der Waals surface area contributed by atoms with Gasteiger partial charge in [0.15, 0.2) is 0 Å². The molecule has 2 rings (SSSR count). The molecule has 0 spiro atoms. The minimum atomic E-state index is -0.303. The molecule has 1 amide bonds. The van der Waals surface area contributed by atoms with E-state index in [1.54, 1.807) is 36.0 Å². The van der Waals surface area contributed by atoms with Gasteiger partial charge in [-0.25, -0.2) is 5.84 Å². The molecule has 2 aromatic carbocycles. The molecule has 5 N–H and O–H groups in total. The molecule has 0 aromatic heterocycles. The third kappa shape index (κ3) is 3.66. The minimum Gasteiger partial charge on any atom is -0.398 e. The number of halogens is 1. The van der Waals surface area contributed by atoms with Gasteiger partial charge >= 0.3 is 0 Å². The van der Waals surface area contributed by atoms with Crippen LogP contribution in [-0.4, -0.2) is 5.91 Å². The first-order chi connectivity index (χ1) is 9.60. The molecule has 0 aliphatic carbocycles. The number of nitrogens with one attached hydrogen (secondary N) is 1. The number of hydrogen-bond acceptors (Lipinski definition) is 4. The monoisotopic (exact) mass is 307 g/mol. The number of hydrazine groups is 1. The normalized spacial score (nSPS) is 10.3. The van der Waals surface area contributed by atoms with Gasteiger partial charge in [-0.1, -0.05) is 23.7 Å². The summed E-state index contributed by atoms with van der Waals surface area (Å²) in [5.74, 6) is 5.52. The molecule has 0 bridgehead atoms. The third-order valence-corrected chi connectivity index (χ3v) is 4.08. The zero-order valence-electron chi connectivity index (χ0n) is 10.6. The van der Waals surface area contributed by atoms with Crippen molar-refractivity contribution in [1.29, 1.82) is 0 Å². The molecule has 6 heteroatoms. The van der Waals surface area contributed by atoms with Crippen molar-refractivity contribution in [2.75, 3.05) is 5.73 Å². The fourth-order valence-corrected chi connectivity index (χ4v) is 2.77. The molecule has 0 atom stereocenters. The highest BCUT2D eigenvalue weighted by molar-refractivity contribution is 7.98. The first-order valence-corrected chi connectivity index (χ1v) is 7.24. The number of hydrogen-bond donors (Lipinski definition) is 3. The Kier molecular flexibility index (Phi) is 4.89. The molecule has 0 aliphatic heterocycles. The Morgan fingerprint density at radius 3 is 2.75 bits per heavy atom. The van der Waals surface area contributed by atoms with E-state index >= 15 is 0 Å². The van der Waals surface area contributed by atoms with E-state index in [-0.39, 0.29) is 5.91 Å². The number of benzene rings is 2. The Labute approximate surface area is 126 Å². The first-order valence-electron chi connectivity index (χ1n) is 5.88. The van der Waals surface area contributed by atoms with Crippen LogP contribution in [0.25, 0.3) is 0 Å². The second-order valence-electron chi connectivity index (χ2n) is 4.14. The maximum Gasteiger partial charge on any atom is 0.265 e. The fraction of sp³-hybridized carbons (Fsp3) is 0.0714. The lowest BCUT2D eigenvalue weighted by molar-refractivity contribution is 0.0953. The second-order valence-corrected chi connectivity index (χ2v) is 5.60. The third-order valence-electron chi connectivity index (χ3n) is 2.69. The number of carbonyl (C=O) groups excluding carboxylic acids is 1. The van der Waals surface area contributed by atoms with E-state index in [1.165, 1.54) is 0 Å². The Morgan fingerprint density at radius 1 is 1.25 bits per heavy atom. The number of nitrogen functional groups attached to an aromatic ring is 2. The molecule has 0 radical (unpaired) electrons. The standard InChI is InChI=1S/C14H14ClN3OS/c15-11-4-5-13(12(16)7-11)20-8-9-2-1-3-10(6-9)14(19)18-17/h1-7H,8,16-17H2,(H,18,19). The zero-order valence-corrected chi connectivity index (χ0v) is 12.2. The van der Waals surface area contributed by atoms with Crippen LogP contribution < -0.4 is 17.0 Å². The van der Waals surface area contributed by atoms with Crippen LogP contribution in [0.4, 0.5) is 5.69 Å². The molecule has 2 aromatic rings. The minimum absolute atomic E-state index is 0.303. The Hall–Kier alpha value is -1.69. The highest BCUT2D eigenvalue weighted by Gasteiger charge is 2.06. The first kappa shape index (κ1) is 14.7. The number of amides is 1. The average Bonchev–Trinajstić information content (AvgIpc) is 2.46. The van der Waals surface area contributed by atoms with Crippen molar-refractivity contribution in [2.45, 2.75) is 10.6 Å². The van der Waals surface area contributed by atoms with Crippen molar-refractivity contribution in [3.63, 3.8) is 0 Å². The van der Waals surface area contributed by atoms with Gasteiger partial charge in [0.05, 0.1) is 0 Å². The van der Waals surface area contributed by atoms with Gasteiger partial charge in [0.2, 0.25) is 0 Å². The molecule has 0 aliphatic rings. The van der Waals surface area contributed by atoms with Gasteiger partial charge in [0.25, 0.3) is 5.91 Å². The maximum atomic E-state index is 11.5. The van der Waals surface area contributed by atoms with Crippen molar-refractivity contribution in [2.24, 2.45) is 5.84 Å². The summed E-state index contributed by atoms with van der Waals surface area (Å²) in [5.41, 5.74) is 10.2. The van der Waals surface area contributed by atoms with Crippen LogP contribution in [-0.2, 0) is 5.75 Å². The van der Waals surface area contributed by atoms with Crippen LogP contribution in [0.1, 0.15) is 15.9 Å². The molecule has 4 nitrogen and oxygen atoms in total. The zero-order chi connectivity index (χ0) is 14.5. The Balaban J connectivity index is 2.09. The summed E-state index contributed by atoms with van der Waals surface area (Å²) in [6.45, 7) is 0. The molecule has 0 saturated heterocycles. The van der Waals surface area contributed by atoms with Crippen LogP contribution in [0.5, 0.6) is 0 Å². The maximum absolute atomic E-state index is 11.5. The van der Waals surface area contributed by atoms with E-state index in [1.807, 2.05) is 18.2 Å². The van der Waals surface area contributed by atoms with E-state index in [2.05, 4.69) is 5.43 Å². The summed E-state index contributed by atoms with van der Waals surface area (Å²) < 4.78 is 0. The van der Waals surface area contributed by atoms with E-state index in [4.69, 9.17) is 23.2 Å². The SMILES string of the molecule is NNC(=O)c1cccc(CSc2ccc(Cl)cc2N)c1. The Bertz CT molecular complexity index is 634. The highest BCUT2D eigenvalue weighted by atomic mass is 35.5. The van der Waals surface area contributed by atoms with Crippen molar-refractivity contribution in [3.05, 3.63) is 58.6 Å². The molecule has 104 valence electrons. The molecular weight excluding hydrogens is 294 g/mol. The van der Waals surface area contributed by atoms with Crippen LogP contribution in [0.2, 0.25) is 5.02 Å². The van der Waals surface area contributed by atoms with Crippen LogP contribution in [0.3, 0.4) is 0 Å². The molecule has 0 saturated carbocycles. The smallest absolute Gasteiger partial charge is 0.265 e. The van der Waals surface area contributed by atoms with Crippen molar-refractivity contribution < 1.29 is 4.79 Å². The summed E-state index contributed by atoms with van der Waals surface area (Å²) in [7, 11) is 0. The van der Waals surface area contributed by atoms with Crippen LogP contribution in [0.15, 0.2) is 47.4 Å². The van der Waals surface area contributed by atoms with Gasteiger partial charge in [-0.3, -0.25) is 10.2 Å².